The lowest BCUT2D eigenvalue weighted by Crippen LogP contribution is -2.08. The van der Waals surface area contributed by atoms with Crippen molar-refractivity contribution in [2.75, 3.05) is 12.4 Å². The molecule has 0 unspecified atom stereocenters. The third kappa shape index (κ3) is 2.85. The molecular formula is C8H10N2O2S3. The third-order valence-electron chi connectivity index (χ3n) is 1.79. The molecule has 0 aliphatic carbocycles. The predicted molar refractivity (Wildman–Crippen MR) is 61.5 cm³/mol. The van der Waals surface area contributed by atoms with Crippen molar-refractivity contribution >= 4 is 40.8 Å². The van der Waals surface area contributed by atoms with Crippen molar-refractivity contribution in [2.24, 2.45) is 0 Å². The molecule has 0 N–H and O–H groups in total. The average Bonchev–Trinajstić information content (AvgIpc) is 2.79. The average molecular weight is 262 g/mol. The standard InChI is InChI=1S/C8H10N2O2S3/c1-2-13-7-9-10-8(15-7)14-5-3-4-12-6(5)11/h5H,2-4H2,1H3/t5-/m0/s1. The van der Waals surface area contributed by atoms with E-state index in [1.807, 2.05) is 0 Å². The van der Waals surface area contributed by atoms with Crippen molar-refractivity contribution in [3.63, 3.8) is 0 Å². The van der Waals surface area contributed by atoms with Crippen molar-refractivity contribution in [1.82, 2.24) is 10.2 Å². The lowest BCUT2D eigenvalue weighted by atomic mass is 10.4. The number of ether oxygens (including phenoxy) is 1. The maximum absolute atomic E-state index is 11.2. The van der Waals surface area contributed by atoms with Gasteiger partial charge in [0.2, 0.25) is 0 Å². The van der Waals surface area contributed by atoms with E-state index >= 15 is 0 Å². The molecule has 0 aromatic carbocycles. The Kier molecular flexibility index (Phi) is 3.87. The first kappa shape index (κ1) is 11.2. The van der Waals surface area contributed by atoms with Gasteiger partial charge >= 0.3 is 5.97 Å². The molecule has 15 heavy (non-hydrogen) atoms. The molecule has 0 spiro atoms. The zero-order chi connectivity index (χ0) is 10.7. The minimum absolute atomic E-state index is 0.0857. The normalized spacial score (nSPS) is 20.6. The lowest BCUT2D eigenvalue weighted by molar-refractivity contribution is -0.137. The molecule has 7 heteroatoms. The number of carbonyl (C=O) groups excluding carboxylic acids is 1. The minimum atomic E-state index is -0.125. The smallest absolute Gasteiger partial charge is 0.319 e. The second-order valence-corrected chi connectivity index (χ2v) is 6.77. The Balaban J connectivity index is 1.95. The van der Waals surface area contributed by atoms with Gasteiger partial charge in [0.15, 0.2) is 8.68 Å². The highest BCUT2D eigenvalue weighted by Crippen LogP contribution is 2.34. The molecule has 0 amide bonds. The van der Waals surface area contributed by atoms with E-state index in [1.165, 1.54) is 11.8 Å². The molecule has 2 heterocycles. The van der Waals surface area contributed by atoms with Crippen LogP contribution in [0.25, 0.3) is 0 Å². The molecule has 82 valence electrons. The Morgan fingerprint density at radius 2 is 2.33 bits per heavy atom. The Morgan fingerprint density at radius 3 is 3.00 bits per heavy atom. The Bertz CT molecular complexity index is 355. The number of thioether (sulfide) groups is 2. The van der Waals surface area contributed by atoms with Crippen LogP contribution in [0.15, 0.2) is 8.68 Å². The molecule has 1 aliphatic rings. The summed E-state index contributed by atoms with van der Waals surface area (Å²) in [4.78, 5) is 11.2. The summed E-state index contributed by atoms with van der Waals surface area (Å²) >= 11 is 4.68. The lowest BCUT2D eigenvalue weighted by Gasteiger charge is -1.99. The first-order valence-corrected chi connectivity index (χ1v) is 7.27. The fraction of sp³-hybridized carbons (Fsp3) is 0.625. The van der Waals surface area contributed by atoms with Crippen LogP contribution in [0.5, 0.6) is 0 Å². The van der Waals surface area contributed by atoms with E-state index in [2.05, 4.69) is 17.1 Å². The first-order valence-electron chi connectivity index (χ1n) is 4.59. The Hall–Kier alpha value is -0.270. The number of rotatable bonds is 4. The van der Waals surface area contributed by atoms with Gasteiger partial charge in [0.25, 0.3) is 0 Å². The highest BCUT2D eigenvalue weighted by atomic mass is 32.2. The summed E-state index contributed by atoms with van der Waals surface area (Å²) in [5, 5.41) is 7.98. The van der Waals surface area contributed by atoms with Crippen LogP contribution in [0.3, 0.4) is 0 Å². The van der Waals surface area contributed by atoms with Gasteiger partial charge in [-0.15, -0.1) is 10.2 Å². The number of esters is 1. The fourth-order valence-electron chi connectivity index (χ4n) is 1.13. The number of nitrogens with zero attached hydrogens (tertiary/aromatic N) is 2. The van der Waals surface area contributed by atoms with Crippen LogP contribution in [0.2, 0.25) is 0 Å². The van der Waals surface area contributed by atoms with Crippen LogP contribution in [0, 0.1) is 0 Å². The number of carbonyl (C=O) groups is 1. The van der Waals surface area contributed by atoms with Crippen LogP contribution in [0.4, 0.5) is 0 Å². The monoisotopic (exact) mass is 262 g/mol. The fourth-order valence-corrected chi connectivity index (χ4v) is 4.26. The predicted octanol–water partition coefficient (Wildman–Crippen LogP) is 2.06. The number of hydrogen-bond acceptors (Lipinski definition) is 7. The van der Waals surface area contributed by atoms with Gasteiger partial charge in [0.05, 0.1) is 6.61 Å². The van der Waals surface area contributed by atoms with Gasteiger partial charge in [-0.2, -0.15) is 0 Å². The molecule has 0 bridgehead atoms. The van der Waals surface area contributed by atoms with Gasteiger partial charge in [-0.1, -0.05) is 41.8 Å². The minimum Gasteiger partial charge on any atom is -0.465 e. The van der Waals surface area contributed by atoms with Gasteiger partial charge in [0, 0.05) is 6.42 Å². The number of cyclic esters (lactones) is 1. The second-order valence-electron chi connectivity index (χ2n) is 2.83. The van der Waals surface area contributed by atoms with Gasteiger partial charge < -0.3 is 4.74 Å². The summed E-state index contributed by atoms with van der Waals surface area (Å²) < 4.78 is 6.70. The number of hydrogen-bond donors (Lipinski definition) is 0. The SMILES string of the molecule is CCSc1nnc(S[C@H]2CCOC2=O)s1. The van der Waals surface area contributed by atoms with Crippen LogP contribution in [0.1, 0.15) is 13.3 Å². The Labute approximate surface area is 100 Å². The van der Waals surface area contributed by atoms with Crippen molar-refractivity contribution in [1.29, 1.82) is 0 Å². The van der Waals surface area contributed by atoms with Gasteiger partial charge in [-0.25, -0.2) is 0 Å². The molecule has 1 aromatic heterocycles. The molecule has 1 atom stereocenters. The van der Waals surface area contributed by atoms with E-state index in [0.717, 1.165) is 20.9 Å². The van der Waals surface area contributed by atoms with Gasteiger partial charge in [0.1, 0.15) is 5.25 Å². The van der Waals surface area contributed by atoms with E-state index in [9.17, 15) is 4.79 Å². The quantitative estimate of drug-likeness (QED) is 0.611. The molecule has 1 aliphatic heterocycles. The van der Waals surface area contributed by atoms with E-state index < -0.39 is 0 Å². The first-order chi connectivity index (χ1) is 7.29. The van der Waals surface area contributed by atoms with Gasteiger partial charge in [-0.3, -0.25) is 4.79 Å². The molecule has 1 saturated heterocycles. The summed E-state index contributed by atoms with van der Waals surface area (Å²) in [6.45, 7) is 2.61. The summed E-state index contributed by atoms with van der Waals surface area (Å²) in [7, 11) is 0. The largest absolute Gasteiger partial charge is 0.465 e. The van der Waals surface area contributed by atoms with E-state index in [4.69, 9.17) is 4.74 Å². The van der Waals surface area contributed by atoms with Crippen LogP contribution in [-0.4, -0.2) is 33.8 Å². The van der Waals surface area contributed by atoms with Crippen LogP contribution in [-0.2, 0) is 9.53 Å². The maximum atomic E-state index is 11.2. The Morgan fingerprint density at radius 1 is 1.53 bits per heavy atom. The molecule has 4 nitrogen and oxygen atoms in total. The molecule has 0 saturated carbocycles. The van der Waals surface area contributed by atoms with Gasteiger partial charge in [-0.05, 0) is 5.75 Å². The zero-order valence-corrected chi connectivity index (χ0v) is 10.6. The molecular weight excluding hydrogens is 252 g/mol. The summed E-state index contributed by atoms with van der Waals surface area (Å²) in [5.74, 6) is 0.866. The molecule has 2 rings (SSSR count). The molecule has 0 radical (unpaired) electrons. The van der Waals surface area contributed by atoms with E-state index in [-0.39, 0.29) is 11.2 Å². The highest BCUT2D eigenvalue weighted by Gasteiger charge is 2.28. The van der Waals surface area contributed by atoms with Crippen molar-refractivity contribution in [3.8, 4) is 0 Å². The number of aromatic nitrogens is 2. The van der Waals surface area contributed by atoms with Crippen molar-refractivity contribution in [2.45, 2.75) is 27.3 Å². The summed E-state index contributed by atoms with van der Waals surface area (Å²) in [6.07, 6.45) is 0.777. The van der Waals surface area contributed by atoms with Crippen LogP contribution >= 0.6 is 34.9 Å². The van der Waals surface area contributed by atoms with Crippen LogP contribution < -0.4 is 0 Å². The van der Waals surface area contributed by atoms with Crippen molar-refractivity contribution < 1.29 is 9.53 Å². The van der Waals surface area contributed by atoms with E-state index in [0.29, 0.717) is 6.61 Å². The van der Waals surface area contributed by atoms with Crippen molar-refractivity contribution in [3.05, 3.63) is 0 Å². The summed E-state index contributed by atoms with van der Waals surface area (Å²) in [5.41, 5.74) is 0. The molecule has 1 aromatic rings. The third-order valence-corrected chi connectivity index (χ3v) is 5.05. The zero-order valence-electron chi connectivity index (χ0n) is 8.13. The highest BCUT2D eigenvalue weighted by molar-refractivity contribution is 8.03. The van der Waals surface area contributed by atoms with E-state index in [1.54, 1.807) is 23.1 Å². The topological polar surface area (TPSA) is 52.1 Å². The summed E-state index contributed by atoms with van der Waals surface area (Å²) in [6, 6.07) is 0. The molecule has 1 fully saturated rings. The maximum Gasteiger partial charge on any atom is 0.319 e. The second kappa shape index (κ2) is 5.18.